The summed E-state index contributed by atoms with van der Waals surface area (Å²) in [6.07, 6.45) is 2.15. The van der Waals surface area contributed by atoms with E-state index in [0.717, 1.165) is 38.0 Å². The molecule has 116 valence electrons. The van der Waals surface area contributed by atoms with Gasteiger partial charge in [0.25, 0.3) is 0 Å². The molecule has 2 aromatic rings. The molecule has 0 aliphatic carbocycles. The van der Waals surface area contributed by atoms with Gasteiger partial charge in [-0.25, -0.2) is 9.37 Å². The van der Waals surface area contributed by atoms with Gasteiger partial charge in [0.15, 0.2) is 0 Å². The molecule has 0 saturated heterocycles. The van der Waals surface area contributed by atoms with E-state index in [0.29, 0.717) is 11.5 Å². The van der Waals surface area contributed by atoms with Gasteiger partial charge in [-0.05, 0) is 51.5 Å². The Kier molecular flexibility index (Phi) is 5.17. The number of benzene rings is 1. The zero-order valence-corrected chi connectivity index (χ0v) is 13.1. The third-order valence-electron chi connectivity index (χ3n) is 4.11. The van der Waals surface area contributed by atoms with Crippen LogP contribution >= 0.6 is 0 Å². The van der Waals surface area contributed by atoms with Gasteiger partial charge in [-0.3, -0.25) is 0 Å². The second-order valence-corrected chi connectivity index (χ2v) is 5.49. The topological polar surface area (TPSA) is 47.1 Å². The smallest absolute Gasteiger partial charge is 0.201 e. The maximum atomic E-state index is 13.3. The maximum absolute atomic E-state index is 13.3. The first-order chi connectivity index (χ1) is 10.1. The van der Waals surface area contributed by atoms with E-state index >= 15 is 0 Å². The van der Waals surface area contributed by atoms with Gasteiger partial charge in [-0.2, -0.15) is 0 Å². The fourth-order valence-corrected chi connectivity index (χ4v) is 2.83. The van der Waals surface area contributed by atoms with Crippen LogP contribution in [0.25, 0.3) is 11.0 Å². The molecule has 0 fully saturated rings. The summed E-state index contributed by atoms with van der Waals surface area (Å²) in [6.45, 7) is 9.77. The van der Waals surface area contributed by atoms with Crippen LogP contribution < -0.4 is 5.73 Å². The summed E-state index contributed by atoms with van der Waals surface area (Å²) in [5, 5.41) is 0. The van der Waals surface area contributed by atoms with Crippen LogP contribution in [0.1, 0.15) is 39.7 Å². The Morgan fingerprint density at radius 2 is 2.05 bits per heavy atom. The van der Waals surface area contributed by atoms with Crippen LogP contribution in [0.15, 0.2) is 18.2 Å². The van der Waals surface area contributed by atoms with Gasteiger partial charge in [-0.1, -0.05) is 13.8 Å². The van der Waals surface area contributed by atoms with Crippen LogP contribution in [0.5, 0.6) is 0 Å². The number of fused-ring (bicyclic) bond motifs is 1. The second kappa shape index (κ2) is 6.89. The first-order valence-corrected chi connectivity index (χ1v) is 7.72. The molecule has 1 unspecified atom stereocenters. The highest BCUT2D eigenvalue weighted by Crippen LogP contribution is 2.25. The highest BCUT2D eigenvalue weighted by Gasteiger charge is 2.14. The van der Waals surface area contributed by atoms with E-state index in [1.165, 1.54) is 12.1 Å². The van der Waals surface area contributed by atoms with Gasteiger partial charge >= 0.3 is 0 Å². The number of imidazole rings is 1. The molecule has 0 amide bonds. The molecule has 1 heterocycles. The minimum absolute atomic E-state index is 0.260. The summed E-state index contributed by atoms with van der Waals surface area (Å²) in [5.41, 5.74) is 7.54. The van der Waals surface area contributed by atoms with Crippen LogP contribution in [0, 0.1) is 5.82 Å². The average Bonchev–Trinajstić information content (AvgIpc) is 2.78. The van der Waals surface area contributed by atoms with Crippen molar-refractivity contribution in [3.05, 3.63) is 24.0 Å². The van der Waals surface area contributed by atoms with E-state index < -0.39 is 0 Å². The van der Waals surface area contributed by atoms with E-state index in [4.69, 9.17) is 5.73 Å². The molecule has 5 heteroatoms. The summed E-state index contributed by atoms with van der Waals surface area (Å²) in [4.78, 5) is 6.68. The van der Waals surface area contributed by atoms with Gasteiger partial charge < -0.3 is 15.2 Å². The lowest BCUT2D eigenvalue weighted by molar-refractivity contribution is 0.289. The molecule has 0 saturated carbocycles. The number of nitrogens with two attached hydrogens (primary N) is 1. The molecule has 1 aromatic heterocycles. The van der Waals surface area contributed by atoms with Gasteiger partial charge in [0.2, 0.25) is 5.95 Å². The van der Waals surface area contributed by atoms with Crippen molar-refractivity contribution < 1.29 is 4.39 Å². The number of hydrogen-bond donors (Lipinski definition) is 1. The van der Waals surface area contributed by atoms with E-state index in [9.17, 15) is 4.39 Å². The highest BCUT2D eigenvalue weighted by molar-refractivity contribution is 5.78. The minimum Gasteiger partial charge on any atom is -0.369 e. The fraction of sp³-hybridized carbons (Fsp3) is 0.562. The maximum Gasteiger partial charge on any atom is 0.201 e. The van der Waals surface area contributed by atoms with Crippen LogP contribution in [0.4, 0.5) is 10.3 Å². The normalized spacial score (nSPS) is 13.2. The number of nitrogens with zero attached hydrogens (tertiary/aromatic N) is 3. The van der Waals surface area contributed by atoms with Crippen molar-refractivity contribution in [2.24, 2.45) is 0 Å². The zero-order chi connectivity index (χ0) is 15.4. The van der Waals surface area contributed by atoms with Crippen molar-refractivity contribution in [3.8, 4) is 0 Å². The van der Waals surface area contributed by atoms with E-state index in [1.54, 1.807) is 6.07 Å². The van der Waals surface area contributed by atoms with E-state index in [1.807, 2.05) is 4.57 Å². The molecule has 0 aliphatic rings. The lowest BCUT2D eigenvalue weighted by atomic mass is 10.1. The second-order valence-electron chi connectivity index (χ2n) is 5.49. The molecule has 1 atom stereocenters. The zero-order valence-electron chi connectivity index (χ0n) is 13.1. The molecule has 21 heavy (non-hydrogen) atoms. The fourth-order valence-electron chi connectivity index (χ4n) is 2.83. The van der Waals surface area contributed by atoms with E-state index in [-0.39, 0.29) is 11.9 Å². The standard InChI is InChI=1S/C16H25FN4/c1-4-20(5-2)10-6-7-12(3)21-15-9-8-13(17)11-14(15)19-16(21)18/h8-9,11-12H,4-7,10H2,1-3H3,(H2,18,19). The van der Waals surface area contributed by atoms with Crippen molar-refractivity contribution >= 4 is 17.0 Å². The summed E-state index contributed by atoms with van der Waals surface area (Å²) in [5.74, 6) is 0.187. The predicted octanol–water partition coefficient (Wildman–Crippen LogP) is 3.44. The Hall–Kier alpha value is -1.62. The summed E-state index contributed by atoms with van der Waals surface area (Å²) in [7, 11) is 0. The van der Waals surface area contributed by atoms with Crippen molar-refractivity contribution in [2.75, 3.05) is 25.4 Å². The monoisotopic (exact) mass is 292 g/mol. The van der Waals surface area contributed by atoms with Crippen LogP contribution in [0.2, 0.25) is 0 Å². The predicted molar refractivity (Wildman–Crippen MR) is 85.8 cm³/mol. The van der Waals surface area contributed by atoms with Crippen molar-refractivity contribution in [3.63, 3.8) is 0 Å². The Morgan fingerprint density at radius 1 is 1.33 bits per heavy atom. The number of rotatable bonds is 7. The third-order valence-corrected chi connectivity index (χ3v) is 4.11. The highest BCUT2D eigenvalue weighted by atomic mass is 19.1. The molecule has 0 bridgehead atoms. The Bertz CT molecular complexity index is 589. The summed E-state index contributed by atoms with van der Waals surface area (Å²) < 4.78 is 15.3. The van der Waals surface area contributed by atoms with Crippen LogP contribution in [-0.2, 0) is 0 Å². The molecule has 0 radical (unpaired) electrons. The first-order valence-electron chi connectivity index (χ1n) is 7.72. The third kappa shape index (κ3) is 3.53. The van der Waals surface area contributed by atoms with Crippen molar-refractivity contribution in [1.29, 1.82) is 0 Å². The van der Waals surface area contributed by atoms with Crippen molar-refractivity contribution in [2.45, 2.75) is 39.7 Å². The molecule has 2 rings (SSSR count). The first kappa shape index (κ1) is 15.8. The SMILES string of the molecule is CCN(CC)CCCC(C)n1c(N)nc2cc(F)ccc21. The molecular formula is C16H25FN4. The minimum atomic E-state index is -0.277. The molecule has 2 N–H and O–H groups in total. The van der Waals surface area contributed by atoms with Gasteiger partial charge in [0.05, 0.1) is 11.0 Å². The lowest BCUT2D eigenvalue weighted by Crippen LogP contribution is -2.24. The summed E-state index contributed by atoms with van der Waals surface area (Å²) in [6, 6.07) is 4.92. The Labute approximate surface area is 125 Å². The van der Waals surface area contributed by atoms with Gasteiger partial charge in [0.1, 0.15) is 5.82 Å². The molecule has 0 aliphatic heterocycles. The Morgan fingerprint density at radius 3 is 2.71 bits per heavy atom. The number of hydrogen-bond acceptors (Lipinski definition) is 3. The number of nitrogen functional groups attached to an aromatic ring is 1. The number of halogens is 1. The number of anilines is 1. The molecule has 0 spiro atoms. The molecule has 4 nitrogen and oxygen atoms in total. The Balaban J connectivity index is 2.09. The molecular weight excluding hydrogens is 267 g/mol. The largest absolute Gasteiger partial charge is 0.369 e. The van der Waals surface area contributed by atoms with Gasteiger partial charge in [-0.15, -0.1) is 0 Å². The number of aromatic nitrogens is 2. The van der Waals surface area contributed by atoms with Crippen molar-refractivity contribution in [1.82, 2.24) is 14.5 Å². The lowest BCUT2D eigenvalue weighted by Gasteiger charge is -2.20. The van der Waals surface area contributed by atoms with E-state index in [2.05, 4.69) is 30.7 Å². The van der Waals surface area contributed by atoms with Crippen LogP contribution in [0.3, 0.4) is 0 Å². The summed E-state index contributed by atoms with van der Waals surface area (Å²) >= 11 is 0. The van der Waals surface area contributed by atoms with Crippen LogP contribution in [-0.4, -0.2) is 34.1 Å². The molecule has 1 aromatic carbocycles. The average molecular weight is 292 g/mol. The quantitative estimate of drug-likeness (QED) is 0.850. The van der Waals surface area contributed by atoms with Gasteiger partial charge in [0, 0.05) is 12.1 Å².